The van der Waals surface area contributed by atoms with E-state index in [1.165, 1.54) is 11.8 Å². The molecule has 3 rings (SSSR count). The highest BCUT2D eigenvalue weighted by Gasteiger charge is 2.20. The summed E-state index contributed by atoms with van der Waals surface area (Å²) < 4.78 is 9.71. The maximum atomic E-state index is 12.4. The molecule has 0 fully saturated rings. The Morgan fingerprint density at radius 3 is 2.65 bits per heavy atom. The lowest BCUT2D eigenvalue weighted by molar-refractivity contribution is -0.113. The molecule has 0 saturated heterocycles. The van der Waals surface area contributed by atoms with Crippen LogP contribution in [0.25, 0.3) is 0 Å². The van der Waals surface area contributed by atoms with Gasteiger partial charge in [0.15, 0.2) is 17.1 Å². The molecule has 0 bridgehead atoms. The highest BCUT2D eigenvalue weighted by atomic mass is 79.9. The van der Waals surface area contributed by atoms with E-state index >= 15 is 0 Å². The molecule has 1 aromatic heterocycles. The van der Waals surface area contributed by atoms with Gasteiger partial charge in [0, 0.05) is 15.5 Å². The molecule has 1 heterocycles. The lowest BCUT2D eigenvalue weighted by Gasteiger charge is -2.15. The molecule has 0 spiro atoms. The predicted molar refractivity (Wildman–Crippen MR) is 132 cm³/mol. The van der Waals surface area contributed by atoms with Crippen molar-refractivity contribution in [3.63, 3.8) is 0 Å². The number of amides is 1. The zero-order valence-corrected chi connectivity index (χ0v) is 21.3. The standard InChI is InChI=1S/C21H19Br2ClN4O2S/c1-3-10-28-20(13(2)30-16-7-4-14(22)5-8-16)26-27-21(28)31-12-19(29)25-18-9-6-15(23)11-17(18)24/h3-9,11,13H,1,10,12H2,2H3,(H,25,29). The molecule has 2 aromatic carbocycles. The van der Waals surface area contributed by atoms with Crippen LogP contribution in [0.2, 0.25) is 5.02 Å². The van der Waals surface area contributed by atoms with Crippen molar-refractivity contribution in [2.75, 3.05) is 11.1 Å². The highest BCUT2D eigenvalue weighted by Crippen LogP contribution is 2.28. The number of carbonyl (C=O) groups is 1. The zero-order chi connectivity index (χ0) is 22.4. The first-order valence-electron chi connectivity index (χ1n) is 9.21. The van der Waals surface area contributed by atoms with Gasteiger partial charge in [0.05, 0.1) is 16.5 Å². The molecule has 10 heteroatoms. The molecule has 6 nitrogen and oxygen atoms in total. The molecule has 1 amide bonds. The Balaban J connectivity index is 1.67. The fourth-order valence-corrected chi connectivity index (χ4v) is 4.43. The SMILES string of the molecule is C=CCn1c(SCC(=O)Nc2ccc(Br)cc2Cl)nnc1C(C)Oc1ccc(Br)cc1. The number of hydrogen-bond donors (Lipinski definition) is 1. The average Bonchev–Trinajstić information content (AvgIpc) is 3.13. The molecule has 31 heavy (non-hydrogen) atoms. The van der Waals surface area contributed by atoms with Gasteiger partial charge in [0.1, 0.15) is 5.75 Å². The highest BCUT2D eigenvalue weighted by molar-refractivity contribution is 9.10. The van der Waals surface area contributed by atoms with Crippen LogP contribution in [-0.2, 0) is 11.3 Å². The third-order valence-electron chi connectivity index (χ3n) is 4.08. The zero-order valence-electron chi connectivity index (χ0n) is 16.5. The Bertz CT molecular complexity index is 1080. The number of thioether (sulfide) groups is 1. The summed E-state index contributed by atoms with van der Waals surface area (Å²) in [5.41, 5.74) is 0.556. The van der Waals surface area contributed by atoms with Gasteiger partial charge < -0.3 is 10.1 Å². The molecular weight excluding hydrogens is 568 g/mol. The number of nitrogens with one attached hydrogen (secondary N) is 1. The summed E-state index contributed by atoms with van der Waals surface area (Å²) in [6, 6.07) is 12.9. The second kappa shape index (κ2) is 11.2. The normalized spacial score (nSPS) is 11.7. The fourth-order valence-electron chi connectivity index (χ4n) is 2.69. The Morgan fingerprint density at radius 1 is 1.26 bits per heavy atom. The lowest BCUT2D eigenvalue weighted by atomic mass is 10.3. The van der Waals surface area contributed by atoms with Gasteiger partial charge in [-0.2, -0.15) is 0 Å². The summed E-state index contributed by atoms with van der Waals surface area (Å²) in [4.78, 5) is 12.4. The van der Waals surface area contributed by atoms with Crippen LogP contribution in [0.3, 0.4) is 0 Å². The van der Waals surface area contributed by atoms with E-state index in [0.717, 1.165) is 14.7 Å². The second-order valence-electron chi connectivity index (χ2n) is 6.42. The first-order valence-corrected chi connectivity index (χ1v) is 12.2. The smallest absolute Gasteiger partial charge is 0.234 e. The van der Waals surface area contributed by atoms with Gasteiger partial charge in [0.25, 0.3) is 0 Å². The van der Waals surface area contributed by atoms with E-state index in [9.17, 15) is 4.79 Å². The lowest BCUT2D eigenvalue weighted by Crippen LogP contribution is -2.15. The van der Waals surface area contributed by atoms with Crippen molar-refractivity contribution >= 4 is 66.8 Å². The van der Waals surface area contributed by atoms with Crippen LogP contribution in [0.5, 0.6) is 5.75 Å². The largest absolute Gasteiger partial charge is 0.483 e. The maximum Gasteiger partial charge on any atom is 0.234 e. The Kier molecular flexibility index (Phi) is 8.59. The van der Waals surface area contributed by atoms with Crippen molar-refractivity contribution in [1.82, 2.24) is 14.8 Å². The summed E-state index contributed by atoms with van der Waals surface area (Å²) in [5.74, 6) is 1.34. The Hall–Kier alpha value is -1.81. The molecule has 0 radical (unpaired) electrons. The van der Waals surface area contributed by atoms with E-state index < -0.39 is 0 Å². The van der Waals surface area contributed by atoms with E-state index in [1.54, 1.807) is 18.2 Å². The molecule has 0 aliphatic heterocycles. The number of ether oxygens (including phenoxy) is 1. The number of anilines is 1. The van der Waals surface area contributed by atoms with Crippen molar-refractivity contribution in [2.45, 2.75) is 24.7 Å². The molecule has 1 N–H and O–H groups in total. The number of benzene rings is 2. The van der Waals surface area contributed by atoms with E-state index in [0.29, 0.717) is 28.2 Å². The second-order valence-corrected chi connectivity index (χ2v) is 9.60. The van der Waals surface area contributed by atoms with Crippen molar-refractivity contribution in [3.8, 4) is 5.75 Å². The molecule has 0 aliphatic carbocycles. The first kappa shape index (κ1) is 23.8. The molecule has 0 aliphatic rings. The topological polar surface area (TPSA) is 69.0 Å². The van der Waals surface area contributed by atoms with Crippen molar-refractivity contribution in [2.24, 2.45) is 0 Å². The minimum atomic E-state index is -0.335. The van der Waals surface area contributed by atoms with Crippen LogP contribution < -0.4 is 10.1 Å². The van der Waals surface area contributed by atoms with E-state index in [4.69, 9.17) is 16.3 Å². The fraction of sp³-hybridized carbons (Fsp3) is 0.190. The summed E-state index contributed by atoms with van der Waals surface area (Å²) in [6.45, 7) is 6.21. The van der Waals surface area contributed by atoms with Crippen LogP contribution in [0.1, 0.15) is 18.9 Å². The van der Waals surface area contributed by atoms with Gasteiger partial charge in [-0.3, -0.25) is 9.36 Å². The van der Waals surface area contributed by atoms with Gasteiger partial charge in [0.2, 0.25) is 5.91 Å². The van der Waals surface area contributed by atoms with Crippen LogP contribution in [0.4, 0.5) is 5.69 Å². The quantitative estimate of drug-likeness (QED) is 0.229. The summed E-state index contributed by atoms with van der Waals surface area (Å²) in [7, 11) is 0. The van der Waals surface area contributed by atoms with Gasteiger partial charge in [-0.05, 0) is 49.4 Å². The van der Waals surface area contributed by atoms with Gasteiger partial charge in [-0.15, -0.1) is 16.8 Å². The average molecular weight is 587 g/mol. The van der Waals surface area contributed by atoms with Gasteiger partial charge in [-0.1, -0.05) is 61.3 Å². The monoisotopic (exact) mass is 584 g/mol. The molecule has 162 valence electrons. The Labute approximate surface area is 206 Å². The van der Waals surface area contributed by atoms with Crippen LogP contribution in [-0.4, -0.2) is 26.4 Å². The van der Waals surface area contributed by atoms with Gasteiger partial charge >= 0.3 is 0 Å². The van der Waals surface area contributed by atoms with Crippen molar-refractivity contribution in [1.29, 1.82) is 0 Å². The number of carbonyl (C=O) groups excluding carboxylic acids is 1. The van der Waals surface area contributed by atoms with Crippen LogP contribution in [0.15, 0.2) is 69.2 Å². The number of rotatable bonds is 9. The van der Waals surface area contributed by atoms with E-state index in [2.05, 4.69) is 54.0 Å². The van der Waals surface area contributed by atoms with Gasteiger partial charge in [-0.25, -0.2) is 0 Å². The van der Waals surface area contributed by atoms with E-state index in [1.807, 2.05) is 41.8 Å². The number of nitrogens with zero attached hydrogens (tertiary/aromatic N) is 3. The molecule has 1 atom stereocenters. The minimum Gasteiger partial charge on any atom is -0.483 e. The van der Waals surface area contributed by atoms with Crippen molar-refractivity contribution < 1.29 is 9.53 Å². The minimum absolute atomic E-state index is 0.156. The number of halogens is 3. The molecule has 1 unspecified atom stereocenters. The predicted octanol–water partition coefficient (Wildman–Crippen LogP) is 6.51. The molecule has 3 aromatic rings. The van der Waals surface area contributed by atoms with Crippen LogP contribution >= 0.6 is 55.2 Å². The van der Waals surface area contributed by atoms with Crippen LogP contribution in [0, 0.1) is 0 Å². The molecular formula is C21H19Br2ClN4O2S. The summed E-state index contributed by atoms with van der Waals surface area (Å²) in [5, 5.41) is 12.4. The van der Waals surface area contributed by atoms with Crippen molar-refractivity contribution in [3.05, 3.63) is 74.9 Å². The molecule has 0 saturated carbocycles. The number of allylic oxidation sites excluding steroid dienone is 1. The summed E-state index contributed by atoms with van der Waals surface area (Å²) >= 11 is 14.2. The number of hydrogen-bond acceptors (Lipinski definition) is 5. The third-order valence-corrected chi connectivity index (χ3v) is 6.39. The number of aromatic nitrogens is 3. The van der Waals surface area contributed by atoms with E-state index in [-0.39, 0.29) is 17.8 Å². The summed E-state index contributed by atoms with van der Waals surface area (Å²) in [6.07, 6.45) is 1.42. The maximum absolute atomic E-state index is 12.4. The third kappa shape index (κ3) is 6.58. The first-order chi connectivity index (χ1) is 14.9. The Morgan fingerprint density at radius 2 is 1.97 bits per heavy atom.